The van der Waals surface area contributed by atoms with E-state index in [2.05, 4.69) is 62.7 Å². The molecule has 1 amide bonds. The smallest absolute Gasteiger partial charge is 0.335 e. The van der Waals surface area contributed by atoms with E-state index >= 15 is 0 Å². The van der Waals surface area contributed by atoms with E-state index in [0.717, 1.165) is 38.0 Å². The summed E-state index contributed by atoms with van der Waals surface area (Å²) in [7, 11) is -2.90. The highest BCUT2D eigenvalue weighted by molar-refractivity contribution is 7.91. The van der Waals surface area contributed by atoms with Crippen LogP contribution in [0.4, 0.5) is 0 Å². The number of aromatic carboxylic acids is 1. The molecule has 7 aliphatic rings. The third-order valence-electron chi connectivity index (χ3n) is 18.1. The van der Waals surface area contributed by atoms with Crippen LogP contribution in [0.1, 0.15) is 128 Å². The fourth-order valence-electron chi connectivity index (χ4n) is 15.2. The van der Waals surface area contributed by atoms with Crippen molar-refractivity contribution in [3.8, 4) is 0 Å². The van der Waals surface area contributed by atoms with Crippen LogP contribution < -0.4 is 5.32 Å². The van der Waals surface area contributed by atoms with Gasteiger partial charge < -0.3 is 20.2 Å². The van der Waals surface area contributed by atoms with Crippen LogP contribution in [0.25, 0.3) is 5.57 Å². The van der Waals surface area contributed by atoms with Gasteiger partial charge in [-0.3, -0.25) is 4.79 Å². The van der Waals surface area contributed by atoms with Crippen LogP contribution in [0.5, 0.6) is 0 Å². The summed E-state index contributed by atoms with van der Waals surface area (Å²) < 4.78 is 24.3. The molecular formula is C45H67N3O5S. The van der Waals surface area contributed by atoms with Gasteiger partial charge in [-0.25, -0.2) is 13.2 Å². The van der Waals surface area contributed by atoms with Crippen LogP contribution in [0, 0.1) is 51.2 Å². The molecule has 54 heavy (non-hydrogen) atoms. The number of carboxylic acid groups (broad SMARTS) is 1. The zero-order valence-electron chi connectivity index (χ0n) is 34.0. The number of allylic oxidation sites excluding steroid dienone is 2. The van der Waals surface area contributed by atoms with Crippen LogP contribution in [-0.2, 0) is 14.6 Å². The van der Waals surface area contributed by atoms with Gasteiger partial charge in [0.05, 0.1) is 17.1 Å². The first-order valence-corrected chi connectivity index (χ1v) is 23.3. The molecule has 0 bridgehead atoms. The van der Waals surface area contributed by atoms with Crippen molar-refractivity contribution in [2.45, 2.75) is 124 Å². The molecule has 1 unspecified atom stereocenters. The monoisotopic (exact) mass is 761 g/mol. The summed E-state index contributed by atoms with van der Waals surface area (Å²) in [5.41, 5.74) is 3.55. The first-order chi connectivity index (χ1) is 25.5. The summed E-state index contributed by atoms with van der Waals surface area (Å²) >= 11 is 0. The van der Waals surface area contributed by atoms with Gasteiger partial charge in [0.2, 0.25) is 5.91 Å². The molecule has 2 aliphatic heterocycles. The highest BCUT2D eigenvalue weighted by Crippen LogP contribution is 2.76. The van der Waals surface area contributed by atoms with Crippen molar-refractivity contribution in [1.29, 1.82) is 0 Å². The van der Waals surface area contributed by atoms with Gasteiger partial charge in [0.1, 0.15) is 0 Å². The molecule has 4 saturated carbocycles. The number of hydrogen-bond donors (Lipinski definition) is 2. The number of nitrogens with one attached hydrogen (secondary N) is 1. The summed E-state index contributed by atoms with van der Waals surface area (Å²) in [5.74, 6) is 2.81. The zero-order valence-corrected chi connectivity index (χ0v) is 34.8. The summed E-state index contributed by atoms with van der Waals surface area (Å²) in [6.45, 7) is 19.3. The largest absolute Gasteiger partial charge is 0.478 e. The standard InChI is InChI=1S/C45H67N3O5S/c1-30(48-24-7-8-38(48)49)33-15-20-45(46-23-25-47-26-28-54(52,53)29-27-47)22-21-43(5)35(39(33)45)13-14-37-42(4)18-16-34(31-9-11-32(12-10-31)40(50)51)41(2,3)36(42)17-19-44(37,43)6/h9-12,16,30,33,35-37,39,46H,7-8,13-15,17-29H2,1-6H3,(H,50,51)/t30?,33-,35+,36-,37+,39+,42-,43+,44+,45-/m0/s1. The maximum Gasteiger partial charge on any atom is 0.335 e. The van der Waals surface area contributed by atoms with Crippen LogP contribution in [0.15, 0.2) is 30.3 Å². The van der Waals surface area contributed by atoms with E-state index in [0.29, 0.717) is 60.6 Å². The predicted octanol–water partition coefficient (Wildman–Crippen LogP) is 7.54. The molecule has 0 radical (unpaired) electrons. The fourth-order valence-corrected chi connectivity index (χ4v) is 16.4. The van der Waals surface area contributed by atoms with Gasteiger partial charge in [-0.15, -0.1) is 0 Å². The number of nitrogens with zero attached hydrogens (tertiary/aromatic N) is 2. The Hall–Kier alpha value is -2.23. The van der Waals surface area contributed by atoms with Crippen LogP contribution >= 0.6 is 0 Å². The van der Waals surface area contributed by atoms with Crippen molar-refractivity contribution >= 4 is 27.3 Å². The first-order valence-electron chi connectivity index (χ1n) is 21.5. The lowest BCUT2D eigenvalue weighted by molar-refractivity contribution is -0.221. The second kappa shape index (κ2) is 13.4. The molecule has 9 heteroatoms. The SMILES string of the molecule is CC([C@@H]1CC[C@]2(NCCN3CCS(=O)(=O)CC3)CC[C@]3(C)[C@H](CC[C@@H]4[C@@]5(C)CC=C(c6ccc(C(=O)O)cc6)C(C)(C)[C@@H]5CC[C@]43C)[C@@H]12)N1CCCC1=O. The molecule has 2 heterocycles. The van der Waals surface area contributed by atoms with E-state index in [1.165, 1.54) is 56.9 Å². The van der Waals surface area contributed by atoms with E-state index < -0.39 is 15.8 Å². The number of benzene rings is 1. The Kier molecular flexibility index (Phi) is 9.61. The molecular weight excluding hydrogens is 695 g/mol. The van der Waals surface area contributed by atoms with E-state index in [1.54, 1.807) is 12.1 Å². The molecule has 2 saturated heterocycles. The zero-order chi connectivity index (χ0) is 38.5. The highest BCUT2D eigenvalue weighted by atomic mass is 32.2. The molecule has 5 aliphatic carbocycles. The van der Waals surface area contributed by atoms with Gasteiger partial charge in [0.15, 0.2) is 9.84 Å². The van der Waals surface area contributed by atoms with Gasteiger partial charge in [-0.05, 0) is 146 Å². The Morgan fingerprint density at radius 1 is 0.907 bits per heavy atom. The van der Waals surface area contributed by atoms with Crippen molar-refractivity contribution in [2.75, 3.05) is 44.2 Å². The second-order valence-electron chi connectivity index (χ2n) is 20.3. The van der Waals surface area contributed by atoms with E-state index in [4.69, 9.17) is 0 Å². The van der Waals surface area contributed by atoms with Crippen LogP contribution in [0.3, 0.4) is 0 Å². The Balaban J connectivity index is 1.08. The molecule has 1 aromatic carbocycles. The maximum atomic E-state index is 13.2. The average Bonchev–Trinajstić information content (AvgIpc) is 3.73. The molecule has 0 aromatic heterocycles. The number of carbonyl (C=O) groups excluding carboxylic acids is 1. The fraction of sp³-hybridized carbons (Fsp3) is 0.778. The number of carboxylic acids is 1. The minimum atomic E-state index is -2.90. The molecule has 8 rings (SSSR count). The van der Waals surface area contributed by atoms with Gasteiger partial charge in [-0.2, -0.15) is 0 Å². The molecule has 1 aromatic rings. The molecule has 10 atom stereocenters. The minimum Gasteiger partial charge on any atom is -0.478 e. The maximum absolute atomic E-state index is 13.2. The molecule has 2 N–H and O–H groups in total. The number of amides is 1. The lowest BCUT2D eigenvalue weighted by atomic mass is 9.33. The van der Waals surface area contributed by atoms with Crippen molar-refractivity contribution in [1.82, 2.24) is 15.1 Å². The third-order valence-corrected chi connectivity index (χ3v) is 19.7. The van der Waals surface area contributed by atoms with Crippen LogP contribution in [0.2, 0.25) is 0 Å². The average molecular weight is 762 g/mol. The lowest BCUT2D eigenvalue weighted by Gasteiger charge is -2.72. The van der Waals surface area contributed by atoms with Crippen molar-refractivity contribution in [2.24, 2.45) is 51.2 Å². The number of carbonyl (C=O) groups is 2. The quantitative estimate of drug-likeness (QED) is 0.282. The topological polar surface area (TPSA) is 107 Å². The van der Waals surface area contributed by atoms with E-state index in [9.17, 15) is 23.1 Å². The Labute approximate surface area is 325 Å². The number of fused-ring (bicyclic) bond motifs is 7. The Morgan fingerprint density at radius 3 is 2.30 bits per heavy atom. The summed E-state index contributed by atoms with van der Waals surface area (Å²) in [6.07, 6.45) is 15.0. The third kappa shape index (κ3) is 5.89. The lowest BCUT2D eigenvalue weighted by Crippen LogP contribution is -2.68. The van der Waals surface area contributed by atoms with Crippen molar-refractivity contribution < 1.29 is 23.1 Å². The van der Waals surface area contributed by atoms with Crippen molar-refractivity contribution in [3.63, 3.8) is 0 Å². The number of sulfone groups is 1. The van der Waals surface area contributed by atoms with Crippen molar-refractivity contribution in [3.05, 3.63) is 41.5 Å². The Morgan fingerprint density at radius 2 is 1.63 bits per heavy atom. The van der Waals surface area contributed by atoms with E-state index in [-0.39, 0.29) is 44.7 Å². The van der Waals surface area contributed by atoms with E-state index in [1.807, 2.05) is 12.1 Å². The van der Waals surface area contributed by atoms with Gasteiger partial charge in [0, 0.05) is 50.7 Å². The van der Waals surface area contributed by atoms with Gasteiger partial charge >= 0.3 is 5.97 Å². The highest BCUT2D eigenvalue weighted by Gasteiger charge is 2.70. The number of hydrogen-bond acceptors (Lipinski definition) is 6. The summed E-state index contributed by atoms with van der Waals surface area (Å²) in [4.78, 5) is 29.4. The normalized spacial score (nSPS) is 42.0. The molecule has 0 spiro atoms. The molecule has 298 valence electrons. The molecule has 6 fully saturated rings. The predicted molar refractivity (Wildman–Crippen MR) is 215 cm³/mol. The van der Waals surface area contributed by atoms with Crippen LogP contribution in [-0.4, -0.2) is 91.0 Å². The number of likely N-dealkylation sites (tertiary alicyclic amines) is 1. The van der Waals surface area contributed by atoms with Gasteiger partial charge in [0.25, 0.3) is 0 Å². The molecule has 8 nitrogen and oxygen atoms in total. The summed E-state index contributed by atoms with van der Waals surface area (Å²) in [6, 6.07) is 7.82. The number of rotatable bonds is 8. The Bertz CT molecular complexity index is 1780. The first kappa shape index (κ1) is 38.6. The van der Waals surface area contributed by atoms with Gasteiger partial charge in [-0.1, -0.05) is 52.8 Å². The summed E-state index contributed by atoms with van der Waals surface area (Å²) in [5, 5.41) is 13.8. The second-order valence-corrected chi connectivity index (χ2v) is 22.6. The minimum absolute atomic E-state index is 0.0186.